The van der Waals surface area contributed by atoms with Gasteiger partial charge in [-0.25, -0.2) is 0 Å². The van der Waals surface area contributed by atoms with E-state index in [1.165, 1.54) is 0 Å². The van der Waals surface area contributed by atoms with Crippen molar-refractivity contribution in [2.45, 2.75) is 83.2 Å². The Kier molecular flexibility index (Phi) is 6.06. The molecule has 21 heavy (non-hydrogen) atoms. The van der Waals surface area contributed by atoms with Crippen LogP contribution in [0.25, 0.3) is 0 Å². The third kappa shape index (κ3) is 7.09. The van der Waals surface area contributed by atoms with Crippen LogP contribution in [0.5, 0.6) is 0 Å². The van der Waals surface area contributed by atoms with Crippen molar-refractivity contribution >= 4 is 0 Å². The first-order chi connectivity index (χ1) is 9.92. The molecule has 124 valence electrons. The molecule has 2 fully saturated rings. The summed E-state index contributed by atoms with van der Waals surface area (Å²) in [5.41, 5.74) is -0.0711. The summed E-state index contributed by atoms with van der Waals surface area (Å²) in [6.07, 6.45) is 6.15. The largest absolute Gasteiger partial charge is 0.375 e. The van der Waals surface area contributed by atoms with Gasteiger partial charge in [-0.2, -0.15) is 0 Å². The molecule has 2 aliphatic heterocycles. The molecule has 2 heterocycles. The normalized spacial score (nSPS) is 27.4. The first-order valence-corrected chi connectivity index (χ1v) is 8.44. The maximum absolute atomic E-state index is 6.11. The van der Waals surface area contributed by atoms with Crippen molar-refractivity contribution in [3.05, 3.63) is 0 Å². The van der Waals surface area contributed by atoms with Gasteiger partial charge in [0.15, 0.2) is 0 Å². The summed E-state index contributed by atoms with van der Waals surface area (Å²) in [6.45, 7) is 12.1. The number of unbranched alkanes of at least 4 members (excludes halogenated alkanes) is 1. The maximum Gasteiger partial charge on any atom is 0.104 e. The zero-order valence-corrected chi connectivity index (χ0v) is 14.2. The second-order valence-corrected chi connectivity index (χ2v) is 7.29. The van der Waals surface area contributed by atoms with Crippen molar-refractivity contribution in [3.8, 4) is 0 Å². The van der Waals surface area contributed by atoms with Crippen LogP contribution in [-0.4, -0.2) is 49.8 Å². The summed E-state index contributed by atoms with van der Waals surface area (Å²) >= 11 is 0. The predicted octanol–water partition coefficient (Wildman–Crippen LogP) is 3.32. The lowest BCUT2D eigenvalue weighted by atomic mass is 9.96. The summed E-state index contributed by atoms with van der Waals surface area (Å²) in [7, 11) is 0. The Morgan fingerprint density at radius 3 is 2.24 bits per heavy atom. The van der Waals surface area contributed by atoms with E-state index in [0.717, 1.165) is 58.5 Å². The fourth-order valence-corrected chi connectivity index (χ4v) is 2.50. The van der Waals surface area contributed by atoms with Gasteiger partial charge in [0.25, 0.3) is 0 Å². The van der Waals surface area contributed by atoms with E-state index >= 15 is 0 Å². The van der Waals surface area contributed by atoms with Gasteiger partial charge in [0, 0.05) is 13.0 Å². The molecular formula is C17H32O4. The lowest BCUT2D eigenvalue weighted by Gasteiger charge is -2.29. The molecule has 0 spiro atoms. The highest BCUT2D eigenvalue weighted by molar-refractivity contribution is 4.83. The lowest BCUT2D eigenvalue weighted by Crippen LogP contribution is -2.30. The van der Waals surface area contributed by atoms with E-state index in [9.17, 15) is 0 Å². The molecule has 3 unspecified atom stereocenters. The molecule has 2 aliphatic rings. The minimum atomic E-state index is -0.0537. The summed E-state index contributed by atoms with van der Waals surface area (Å²) in [5, 5.41) is 0. The van der Waals surface area contributed by atoms with Crippen LogP contribution in [0.3, 0.4) is 0 Å². The van der Waals surface area contributed by atoms with E-state index in [1.54, 1.807) is 0 Å². The zero-order chi connectivity index (χ0) is 15.3. The average molecular weight is 300 g/mol. The molecule has 3 atom stereocenters. The predicted molar refractivity (Wildman–Crippen MR) is 82.6 cm³/mol. The SMILES string of the molecule is CCC(C)(CC1CO1)OCCCCC(C)(C)OCC1CO1. The minimum absolute atomic E-state index is 0.0174. The summed E-state index contributed by atoms with van der Waals surface area (Å²) in [5.74, 6) is 0. The number of rotatable bonds is 12. The monoisotopic (exact) mass is 300 g/mol. The summed E-state index contributed by atoms with van der Waals surface area (Å²) in [6, 6.07) is 0. The molecule has 0 bridgehead atoms. The summed E-state index contributed by atoms with van der Waals surface area (Å²) < 4.78 is 22.5. The van der Waals surface area contributed by atoms with Crippen LogP contribution in [0.2, 0.25) is 0 Å². The standard InChI is InChI=1S/C17H32O4/c1-5-17(4,10-14-11-18-14)20-9-7-6-8-16(2,3)21-13-15-12-19-15/h14-15H,5-13H2,1-4H3. The van der Waals surface area contributed by atoms with Crippen molar-refractivity contribution in [2.24, 2.45) is 0 Å². The Balaban J connectivity index is 1.53. The molecule has 4 heteroatoms. The van der Waals surface area contributed by atoms with Crippen molar-refractivity contribution in [3.63, 3.8) is 0 Å². The highest BCUT2D eigenvalue weighted by Crippen LogP contribution is 2.29. The van der Waals surface area contributed by atoms with E-state index in [4.69, 9.17) is 18.9 Å². The number of ether oxygens (including phenoxy) is 4. The van der Waals surface area contributed by atoms with Crippen molar-refractivity contribution in [2.75, 3.05) is 26.4 Å². The van der Waals surface area contributed by atoms with Crippen LogP contribution in [0.4, 0.5) is 0 Å². The Hall–Kier alpha value is -0.160. The second-order valence-electron chi connectivity index (χ2n) is 7.29. The first kappa shape index (κ1) is 17.2. The number of hydrogen-bond donors (Lipinski definition) is 0. The van der Waals surface area contributed by atoms with Gasteiger partial charge in [-0.15, -0.1) is 0 Å². The van der Waals surface area contributed by atoms with E-state index in [2.05, 4.69) is 27.7 Å². The Morgan fingerprint density at radius 1 is 1.00 bits per heavy atom. The number of hydrogen-bond acceptors (Lipinski definition) is 4. The van der Waals surface area contributed by atoms with Gasteiger partial charge in [-0.05, 0) is 46.5 Å². The molecule has 0 aromatic carbocycles. The van der Waals surface area contributed by atoms with Crippen molar-refractivity contribution in [1.29, 1.82) is 0 Å². The van der Waals surface area contributed by atoms with E-state index in [-0.39, 0.29) is 11.2 Å². The Labute approximate surface area is 129 Å². The van der Waals surface area contributed by atoms with Crippen LogP contribution in [-0.2, 0) is 18.9 Å². The van der Waals surface area contributed by atoms with Gasteiger partial charge < -0.3 is 18.9 Å². The fourth-order valence-electron chi connectivity index (χ4n) is 2.50. The Bertz CT molecular complexity index is 310. The molecule has 0 amide bonds. The molecule has 0 aromatic heterocycles. The van der Waals surface area contributed by atoms with Gasteiger partial charge in [-0.1, -0.05) is 6.92 Å². The van der Waals surface area contributed by atoms with Crippen LogP contribution >= 0.6 is 0 Å². The molecule has 0 radical (unpaired) electrons. The van der Waals surface area contributed by atoms with Crippen molar-refractivity contribution in [1.82, 2.24) is 0 Å². The smallest absolute Gasteiger partial charge is 0.104 e. The highest BCUT2D eigenvalue weighted by atomic mass is 16.6. The van der Waals surface area contributed by atoms with Crippen LogP contribution in [0.15, 0.2) is 0 Å². The molecule has 0 aliphatic carbocycles. The summed E-state index contributed by atoms with van der Waals surface area (Å²) in [4.78, 5) is 0. The first-order valence-electron chi connectivity index (χ1n) is 8.44. The molecule has 0 N–H and O–H groups in total. The number of epoxide rings is 2. The van der Waals surface area contributed by atoms with Gasteiger partial charge in [0.2, 0.25) is 0 Å². The third-order valence-electron chi connectivity index (χ3n) is 4.50. The molecule has 0 saturated carbocycles. The van der Waals surface area contributed by atoms with Gasteiger partial charge >= 0.3 is 0 Å². The van der Waals surface area contributed by atoms with Gasteiger partial charge in [0.1, 0.15) is 6.10 Å². The lowest BCUT2D eigenvalue weighted by molar-refractivity contribution is -0.0523. The second kappa shape index (κ2) is 7.40. The average Bonchev–Trinajstić information content (AvgIpc) is 3.31. The maximum atomic E-state index is 6.11. The van der Waals surface area contributed by atoms with Gasteiger partial charge in [0.05, 0.1) is 37.1 Å². The zero-order valence-electron chi connectivity index (χ0n) is 14.2. The van der Waals surface area contributed by atoms with E-state index in [1.807, 2.05) is 0 Å². The highest BCUT2D eigenvalue weighted by Gasteiger charge is 2.34. The minimum Gasteiger partial charge on any atom is -0.375 e. The van der Waals surface area contributed by atoms with E-state index < -0.39 is 0 Å². The Morgan fingerprint density at radius 2 is 1.67 bits per heavy atom. The fraction of sp³-hybridized carbons (Fsp3) is 1.00. The molecule has 2 rings (SSSR count). The molecule has 0 aromatic rings. The topological polar surface area (TPSA) is 43.5 Å². The van der Waals surface area contributed by atoms with Crippen LogP contribution in [0, 0.1) is 0 Å². The van der Waals surface area contributed by atoms with E-state index in [0.29, 0.717) is 12.2 Å². The van der Waals surface area contributed by atoms with Crippen LogP contribution < -0.4 is 0 Å². The third-order valence-corrected chi connectivity index (χ3v) is 4.50. The quantitative estimate of drug-likeness (QED) is 0.409. The van der Waals surface area contributed by atoms with Gasteiger partial charge in [-0.3, -0.25) is 0 Å². The van der Waals surface area contributed by atoms with Crippen molar-refractivity contribution < 1.29 is 18.9 Å². The molecule has 4 nitrogen and oxygen atoms in total. The molecular weight excluding hydrogens is 268 g/mol. The molecule has 2 saturated heterocycles. The van der Waals surface area contributed by atoms with Crippen LogP contribution in [0.1, 0.15) is 59.8 Å².